The number of nitrogens with one attached hydrogen (secondary N) is 1. The van der Waals surface area contributed by atoms with Crippen LogP contribution in [0.4, 0.5) is 0 Å². The first-order valence-electron chi connectivity index (χ1n) is 11.6. The predicted molar refractivity (Wildman–Crippen MR) is 122 cm³/mol. The van der Waals surface area contributed by atoms with E-state index in [-0.39, 0.29) is 22.6 Å². The van der Waals surface area contributed by atoms with Crippen molar-refractivity contribution in [2.45, 2.75) is 76.7 Å². The zero-order valence-electron chi connectivity index (χ0n) is 18.8. The van der Waals surface area contributed by atoms with E-state index in [4.69, 9.17) is 4.42 Å². The van der Waals surface area contributed by atoms with Crippen LogP contribution in [0.25, 0.3) is 11.0 Å². The smallest absolute Gasteiger partial charge is 0.287 e. The van der Waals surface area contributed by atoms with Crippen LogP contribution in [0, 0.1) is 18.8 Å². The van der Waals surface area contributed by atoms with E-state index >= 15 is 0 Å². The van der Waals surface area contributed by atoms with Gasteiger partial charge in [-0.3, -0.25) is 4.79 Å². The van der Waals surface area contributed by atoms with Gasteiger partial charge in [-0.2, -0.15) is 4.31 Å². The Labute approximate surface area is 185 Å². The number of furan rings is 1. The molecule has 1 aromatic heterocycles. The molecule has 4 rings (SSSR count). The van der Waals surface area contributed by atoms with Crippen molar-refractivity contribution in [2.24, 2.45) is 11.8 Å². The zero-order chi connectivity index (χ0) is 22.2. The average molecular weight is 447 g/mol. The SMILES string of the molecule is Cc1c(C(=O)N[C@@H]2CCC[C@@H](C)[C@@H]2C)oc2ccc(S(=O)(=O)N3CCCCCC3)cc12. The molecule has 0 unspecified atom stereocenters. The molecule has 2 aliphatic rings. The first kappa shape index (κ1) is 22.3. The van der Waals surface area contributed by atoms with Gasteiger partial charge in [0.1, 0.15) is 5.58 Å². The molecule has 1 saturated heterocycles. The van der Waals surface area contributed by atoms with Crippen LogP contribution in [0.15, 0.2) is 27.5 Å². The van der Waals surface area contributed by atoms with Gasteiger partial charge in [-0.15, -0.1) is 0 Å². The van der Waals surface area contributed by atoms with Crippen molar-refractivity contribution in [2.75, 3.05) is 13.1 Å². The van der Waals surface area contributed by atoms with Gasteiger partial charge < -0.3 is 9.73 Å². The van der Waals surface area contributed by atoms with E-state index in [0.29, 0.717) is 41.5 Å². The predicted octanol–water partition coefficient (Wildman–Crippen LogP) is 4.86. The van der Waals surface area contributed by atoms with Gasteiger partial charge in [-0.1, -0.05) is 39.5 Å². The number of hydrogen-bond acceptors (Lipinski definition) is 4. The molecule has 2 fully saturated rings. The second kappa shape index (κ2) is 8.94. The summed E-state index contributed by atoms with van der Waals surface area (Å²) in [6.45, 7) is 7.39. The summed E-state index contributed by atoms with van der Waals surface area (Å²) in [5.74, 6) is 1.08. The fraction of sp³-hybridized carbons (Fsp3) is 0.625. The van der Waals surface area contributed by atoms with Crippen LogP contribution in [0.1, 0.15) is 74.9 Å². The Hall–Kier alpha value is -1.86. The summed E-state index contributed by atoms with van der Waals surface area (Å²) in [6.07, 6.45) is 7.24. The topological polar surface area (TPSA) is 79.6 Å². The minimum Gasteiger partial charge on any atom is -0.451 e. The molecule has 2 aromatic rings. The molecule has 1 aliphatic heterocycles. The maximum atomic E-state index is 13.2. The average Bonchev–Trinajstić information content (AvgIpc) is 2.92. The van der Waals surface area contributed by atoms with Crippen LogP contribution in [0.5, 0.6) is 0 Å². The van der Waals surface area contributed by atoms with Crippen molar-refractivity contribution in [3.8, 4) is 0 Å². The molecule has 6 nitrogen and oxygen atoms in total. The maximum absolute atomic E-state index is 13.2. The second-order valence-corrected chi connectivity index (χ2v) is 11.3. The third-order valence-corrected chi connectivity index (χ3v) is 9.23. The quantitative estimate of drug-likeness (QED) is 0.727. The summed E-state index contributed by atoms with van der Waals surface area (Å²) in [6, 6.07) is 5.08. The summed E-state index contributed by atoms with van der Waals surface area (Å²) in [5.41, 5.74) is 1.24. The van der Waals surface area contributed by atoms with E-state index in [1.807, 2.05) is 6.92 Å². The lowest BCUT2D eigenvalue weighted by Crippen LogP contribution is -2.43. The number of rotatable bonds is 4. The van der Waals surface area contributed by atoms with Crippen LogP contribution in [0.3, 0.4) is 0 Å². The lowest BCUT2D eigenvalue weighted by molar-refractivity contribution is 0.0864. The molecule has 2 heterocycles. The molecule has 1 saturated carbocycles. The number of sulfonamides is 1. The van der Waals surface area contributed by atoms with Crippen molar-refractivity contribution in [3.63, 3.8) is 0 Å². The minimum atomic E-state index is -3.55. The standard InChI is InChI=1S/C24H34N2O4S/c1-16-9-8-10-21(17(16)2)25-24(27)23-18(3)20-15-19(11-12-22(20)30-23)31(28,29)26-13-6-4-5-7-14-26/h11-12,15-17,21H,4-10,13-14H2,1-3H3,(H,25,27)/t16-,17+,21-/m1/s1. The van der Waals surface area contributed by atoms with Gasteiger partial charge in [-0.25, -0.2) is 8.42 Å². The molecule has 7 heteroatoms. The van der Waals surface area contributed by atoms with Gasteiger partial charge in [0.15, 0.2) is 5.76 Å². The highest BCUT2D eigenvalue weighted by Crippen LogP contribution is 2.32. The Kier molecular flexibility index (Phi) is 6.44. The molecular formula is C24H34N2O4S. The van der Waals surface area contributed by atoms with Crippen LogP contribution in [0.2, 0.25) is 0 Å². The molecule has 0 bridgehead atoms. The van der Waals surface area contributed by atoms with Crippen molar-refractivity contribution in [1.82, 2.24) is 9.62 Å². The summed E-state index contributed by atoms with van der Waals surface area (Å²) in [7, 11) is -3.55. The molecule has 0 radical (unpaired) electrons. The Morgan fingerprint density at radius 1 is 1.06 bits per heavy atom. The van der Waals surface area contributed by atoms with E-state index in [2.05, 4.69) is 19.2 Å². The fourth-order valence-electron chi connectivity index (χ4n) is 5.03. The Bertz CT molecular complexity index is 1050. The lowest BCUT2D eigenvalue weighted by atomic mass is 9.78. The first-order chi connectivity index (χ1) is 14.8. The molecule has 31 heavy (non-hydrogen) atoms. The number of amides is 1. The molecule has 3 atom stereocenters. The van der Waals surface area contributed by atoms with Gasteiger partial charge in [0.2, 0.25) is 10.0 Å². The molecule has 170 valence electrons. The zero-order valence-corrected chi connectivity index (χ0v) is 19.6. The van der Waals surface area contributed by atoms with Gasteiger partial charge in [0.05, 0.1) is 4.90 Å². The fourth-order valence-corrected chi connectivity index (χ4v) is 6.57. The Morgan fingerprint density at radius 3 is 2.48 bits per heavy atom. The molecule has 1 aliphatic carbocycles. The van der Waals surface area contributed by atoms with Crippen LogP contribution < -0.4 is 5.32 Å². The number of hydrogen-bond donors (Lipinski definition) is 1. The molecule has 1 N–H and O–H groups in total. The highest BCUT2D eigenvalue weighted by atomic mass is 32.2. The monoisotopic (exact) mass is 446 g/mol. The van der Waals surface area contributed by atoms with Gasteiger partial charge in [0.25, 0.3) is 5.91 Å². The van der Waals surface area contributed by atoms with Gasteiger partial charge in [-0.05, 0) is 56.2 Å². The molecule has 1 amide bonds. The number of fused-ring (bicyclic) bond motifs is 1. The second-order valence-electron chi connectivity index (χ2n) is 9.38. The van der Waals surface area contributed by atoms with E-state index in [9.17, 15) is 13.2 Å². The van der Waals surface area contributed by atoms with E-state index in [1.165, 1.54) is 6.42 Å². The van der Waals surface area contributed by atoms with Gasteiger partial charge in [0, 0.05) is 30.1 Å². The van der Waals surface area contributed by atoms with E-state index in [0.717, 1.165) is 38.5 Å². The van der Waals surface area contributed by atoms with Crippen molar-refractivity contribution in [1.29, 1.82) is 0 Å². The van der Waals surface area contributed by atoms with E-state index in [1.54, 1.807) is 22.5 Å². The number of carbonyl (C=O) groups is 1. The van der Waals surface area contributed by atoms with E-state index < -0.39 is 10.0 Å². The van der Waals surface area contributed by atoms with Crippen molar-refractivity contribution in [3.05, 3.63) is 29.5 Å². The molecule has 0 spiro atoms. The Balaban J connectivity index is 1.60. The third-order valence-electron chi connectivity index (χ3n) is 7.34. The summed E-state index contributed by atoms with van der Waals surface area (Å²) < 4.78 is 33.8. The third kappa shape index (κ3) is 4.40. The van der Waals surface area contributed by atoms with Crippen LogP contribution in [-0.2, 0) is 10.0 Å². The number of carbonyl (C=O) groups excluding carboxylic acids is 1. The van der Waals surface area contributed by atoms with Crippen molar-refractivity contribution < 1.29 is 17.6 Å². The number of aryl methyl sites for hydroxylation is 1. The first-order valence-corrected chi connectivity index (χ1v) is 13.1. The summed E-state index contributed by atoms with van der Waals surface area (Å²) in [4.78, 5) is 13.3. The summed E-state index contributed by atoms with van der Waals surface area (Å²) >= 11 is 0. The Morgan fingerprint density at radius 2 is 1.77 bits per heavy atom. The largest absolute Gasteiger partial charge is 0.451 e. The maximum Gasteiger partial charge on any atom is 0.287 e. The highest BCUT2D eigenvalue weighted by Gasteiger charge is 2.31. The molecule has 1 aromatic carbocycles. The minimum absolute atomic E-state index is 0.142. The highest BCUT2D eigenvalue weighted by molar-refractivity contribution is 7.89. The normalized spacial score (nSPS) is 26.0. The number of benzene rings is 1. The van der Waals surface area contributed by atoms with Crippen LogP contribution in [-0.4, -0.2) is 37.8 Å². The number of nitrogens with zero attached hydrogens (tertiary/aromatic N) is 1. The van der Waals surface area contributed by atoms with Crippen molar-refractivity contribution >= 4 is 26.9 Å². The van der Waals surface area contributed by atoms with Gasteiger partial charge >= 0.3 is 0 Å². The molecular weight excluding hydrogens is 412 g/mol. The summed E-state index contributed by atoms with van der Waals surface area (Å²) in [5, 5.41) is 3.85. The van der Waals surface area contributed by atoms with Crippen LogP contribution >= 0.6 is 0 Å². The lowest BCUT2D eigenvalue weighted by Gasteiger charge is -2.34.